The highest BCUT2D eigenvalue weighted by molar-refractivity contribution is 9.10. The third-order valence-corrected chi connectivity index (χ3v) is 3.61. The normalized spacial score (nSPS) is 12.6. The number of nitrogens with zero attached hydrogens (tertiary/aromatic N) is 1. The van der Waals surface area contributed by atoms with Crippen LogP contribution in [0.2, 0.25) is 5.15 Å². The molecule has 3 N–H and O–H groups in total. The monoisotopic (exact) mass is 333 g/mol. The highest BCUT2D eigenvalue weighted by atomic mass is 79.9. The van der Waals surface area contributed by atoms with Crippen LogP contribution in [-0.2, 0) is 4.79 Å². The number of halogens is 2. The van der Waals surface area contributed by atoms with Crippen LogP contribution in [0.5, 0.6) is 0 Å². The summed E-state index contributed by atoms with van der Waals surface area (Å²) in [6.45, 7) is 4.47. The molecule has 4 nitrogen and oxygen atoms in total. The quantitative estimate of drug-likeness (QED) is 0.813. The van der Waals surface area contributed by atoms with Gasteiger partial charge in [0.2, 0.25) is 5.91 Å². The lowest BCUT2D eigenvalue weighted by Gasteiger charge is -2.16. The molecule has 1 aromatic rings. The maximum Gasteiger partial charge on any atom is 0.228 e. The Morgan fingerprint density at radius 3 is 2.78 bits per heavy atom. The Labute approximate surface area is 120 Å². The maximum atomic E-state index is 12.0. The summed E-state index contributed by atoms with van der Waals surface area (Å²) in [7, 11) is 0. The molecule has 0 aliphatic rings. The summed E-state index contributed by atoms with van der Waals surface area (Å²) in [5, 5.41) is 3.16. The molecule has 0 aliphatic carbocycles. The van der Waals surface area contributed by atoms with Gasteiger partial charge in [-0.15, -0.1) is 0 Å². The number of carbonyl (C=O) groups excluding carboxylic acids is 1. The van der Waals surface area contributed by atoms with E-state index in [1.165, 1.54) is 6.20 Å². The second kappa shape index (κ2) is 7.07. The number of nitrogens with two attached hydrogens (primary N) is 1. The topological polar surface area (TPSA) is 68.0 Å². The molecule has 0 aliphatic heterocycles. The number of anilines is 1. The first kappa shape index (κ1) is 15.4. The van der Waals surface area contributed by atoms with Crippen LogP contribution in [0.4, 0.5) is 5.69 Å². The van der Waals surface area contributed by atoms with Crippen LogP contribution in [0.15, 0.2) is 16.7 Å². The molecule has 0 saturated carbocycles. The molecular formula is C12H17BrClN3O. The average Bonchev–Trinajstić information content (AvgIpc) is 2.30. The van der Waals surface area contributed by atoms with Crippen LogP contribution in [0, 0.1) is 11.8 Å². The van der Waals surface area contributed by atoms with Crippen LogP contribution < -0.4 is 11.1 Å². The number of rotatable bonds is 5. The Bertz CT molecular complexity index is 426. The maximum absolute atomic E-state index is 12.0. The zero-order chi connectivity index (χ0) is 13.7. The van der Waals surface area contributed by atoms with Gasteiger partial charge in [0.15, 0.2) is 0 Å². The Morgan fingerprint density at radius 2 is 2.28 bits per heavy atom. The minimum absolute atomic E-state index is 0.0813. The molecule has 18 heavy (non-hydrogen) atoms. The minimum atomic E-state index is -0.181. The smallest absolute Gasteiger partial charge is 0.228 e. The lowest BCUT2D eigenvalue weighted by Crippen LogP contribution is -2.30. The summed E-state index contributed by atoms with van der Waals surface area (Å²) in [5.74, 6) is 0.168. The van der Waals surface area contributed by atoms with E-state index in [0.29, 0.717) is 27.8 Å². The van der Waals surface area contributed by atoms with Gasteiger partial charge in [-0.25, -0.2) is 4.98 Å². The third kappa shape index (κ3) is 4.55. The summed E-state index contributed by atoms with van der Waals surface area (Å²) >= 11 is 9.05. The Kier molecular flexibility index (Phi) is 6.05. The van der Waals surface area contributed by atoms with Crippen LogP contribution >= 0.6 is 27.5 Å². The number of hydrogen-bond acceptors (Lipinski definition) is 3. The van der Waals surface area contributed by atoms with Gasteiger partial charge in [0.05, 0.1) is 22.3 Å². The van der Waals surface area contributed by atoms with E-state index in [4.69, 9.17) is 17.3 Å². The summed E-state index contributed by atoms with van der Waals surface area (Å²) in [4.78, 5) is 16.0. The highest BCUT2D eigenvalue weighted by Gasteiger charge is 2.18. The van der Waals surface area contributed by atoms with E-state index < -0.39 is 0 Å². The summed E-state index contributed by atoms with van der Waals surface area (Å²) < 4.78 is 0.648. The van der Waals surface area contributed by atoms with Crippen LogP contribution in [-0.4, -0.2) is 17.4 Å². The van der Waals surface area contributed by atoms with Gasteiger partial charge < -0.3 is 11.1 Å². The SMILES string of the molecule is CC(C)CC(CN)C(=O)Nc1cnc(Cl)c(Br)c1. The van der Waals surface area contributed by atoms with Crippen molar-refractivity contribution in [3.63, 3.8) is 0 Å². The molecule has 0 bridgehead atoms. The fraction of sp³-hybridized carbons (Fsp3) is 0.500. The second-order valence-corrected chi connectivity index (χ2v) is 5.76. The molecule has 1 aromatic heterocycles. The molecule has 0 radical (unpaired) electrons. The van der Waals surface area contributed by atoms with Gasteiger partial charge in [-0.1, -0.05) is 25.4 Å². The van der Waals surface area contributed by atoms with E-state index in [9.17, 15) is 4.79 Å². The lowest BCUT2D eigenvalue weighted by atomic mass is 9.96. The van der Waals surface area contributed by atoms with Crippen molar-refractivity contribution < 1.29 is 4.79 Å². The Hall–Kier alpha value is -0.650. The zero-order valence-corrected chi connectivity index (χ0v) is 12.8. The predicted molar refractivity (Wildman–Crippen MR) is 77.6 cm³/mol. The molecule has 100 valence electrons. The van der Waals surface area contributed by atoms with Gasteiger partial charge in [-0.2, -0.15) is 0 Å². The summed E-state index contributed by atoms with van der Waals surface area (Å²) in [6, 6.07) is 1.72. The second-order valence-electron chi connectivity index (χ2n) is 4.55. The summed E-state index contributed by atoms with van der Waals surface area (Å²) in [5.41, 5.74) is 6.23. The third-order valence-electron chi connectivity index (χ3n) is 2.48. The number of nitrogens with one attached hydrogen (secondary N) is 1. The van der Waals surface area contributed by atoms with Crippen molar-refractivity contribution in [2.75, 3.05) is 11.9 Å². The molecule has 6 heteroatoms. The number of amides is 1. The van der Waals surface area contributed by atoms with Crippen molar-refractivity contribution in [1.82, 2.24) is 4.98 Å². The molecule has 1 heterocycles. The van der Waals surface area contributed by atoms with Gasteiger partial charge in [-0.3, -0.25) is 4.79 Å². The van der Waals surface area contributed by atoms with Gasteiger partial charge in [0.25, 0.3) is 0 Å². The van der Waals surface area contributed by atoms with Crippen molar-refractivity contribution in [2.45, 2.75) is 20.3 Å². The minimum Gasteiger partial charge on any atom is -0.330 e. The first-order valence-corrected chi connectivity index (χ1v) is 6.93. The van der Waals surface area contributed by atoms with Crippen LogP contribution in [0.25, 0.3) is 0 Å². The number of pyridine rings is 1. The predicted octanol–water partition coefficient (Wildman–Crippen LogP) is 3.06. The fourth-order valence-corrected chi connectivity index (χ4v) is 2.07. The average molecular weight is 335 g/mol. The number of aromatic nitrogens is 1. The van der Waals surface area contributed by atoms with Gasteiger partial charge >= 0.3 is 0 Å². The number of hydrogen-bond donors (Lipinski definition) is 2. The first-order valence-electron chi connectivity index (χ1n) is 5.76. The molecule has 1 atom stereocenters. The van der Waals surface area contributed by atoms with E-state index >= 15 is 0 Å². The lowest BCUT2D eigenvalue weighted by molar-refractivity contribution is -0.120. The molecule has 1 rings (SSSR count). The standard InChI is InChI=1S/C12H17BrClN3O/c1-7(2)3-8(5-15)12(18)17-9-4-10(13)11(14)16-6-9/h4,6-8H,3,5,15H2,1-2H3,(H,17,18). The number of carbonyl (C=O) groups is 1. The van der Waals surface area contributed by atoms with Gasteiger partial charge in [0.1, 0.15) is 5.15 Å². The van der Waals surface area contributed by atoms with E-state index in [2.05, 4.69) is 40.1 Å². The first-order chi connectivity index (χ1) is 8.43. The van der Waals surface area contributed by atoms with Crippen molar-refractivity contribution in [1.29, 1.82) is 0 Å². The fourth-order valence-electron chi connectivity index (χ4n) is 1.61. The Morgan fingerprint density at radius 1 is 1.61 bits per heavy atom. The van der Waals surface area contributed by atoms with E-state index in [1.807, 2.05) is 0 Å². The molecule has 0 aromatic carbocycles. The van der Waals surface area contributed by atoms with Crippen molar-refractivity contribution in [2.24, 2.45) is 17.6 Å². The zero-order valence-electron chi connectivity index (χ0n) is 10.4. The van der Waals surface area contributed by atoms with E-state index in [0.717, 1.165) is 6.42 Å². The van der Waals surface area contributed by atoms with E-state index in [-0.39, 0.29) is 11.8 Å². The summed E-state index contributed by atoms with van der Waals surface area (Å²) in [6.07, 6.45) is 2.29. The van der Waals surface area contributed by atoms with Crippen molar-refractivity contribution in [3.05, 3.63) is 21.9 Å². The molecule has 0 saturated heterocycles. The molecule has 1 amide bonds. The molecular weight excluding hydrogens is 318 g/mol. The molecule has 1 unspecified atom stereocenters. The van der Waals surface area contributed by atoms with Crippen LogP contribution in [0.3, 0.4) is 0 Å². The Balaban J connectivity index is 2.70. The van der Waals surface area contributed by atoms with Gasteiger partial charge in [-0.05, 0) is 34.3 Å². The van der Waals surface area contributed by atoms with E-state index in [1.54, 1.807) is 6.07 Å². The van der Waals surface area contributed by atoms with Crippen LogP contribution in [0.1, 0.15) is 20.3 Å². The van der Waals surface area contributed by atoms with Crippen molar-refractivity contribution >= 4 is 39.1 Å². The molecule has 0 spiro atoms. The van der Waals surface area contributed by atoms with Crippen molar-refractivity contribution in [3.8, 4) is 0 Å². The largest absolute Gasteiger partial charge is 0.330 e. The highest BCUT2D eigenvalue weighted by Crippen LogP contribution is 2.23. The molecule has 0 fully saturated rings. The van der Waals surface area contributed by atoms with Gasteiger partial charge in [0, 0.05) is 6.54 Å².